The van der Waals surface area contributed by atoms with Gasteiger partial charge in [-0.05, 0) is 57.0 Å². The summed E-state index contributed by atoms with van der Waals surface area (Å²) in [5.41, 5.74) is 4.32. The second-order valence-corrected chi connectivity index (χ2v) is 6.31. The Morgan fingerprint density at radius 2 is 2.09 bits per heavy atom. The Kier molecular flexibility index (Phi) is 5.71. The van der Waals surface area contributed by atoms with Crippen LogP contribution in [0.15, 0.2) is 22.8 Å². The molecule has 1 atom stereocenters. The normalized spacial score (nSPS) is 17.5. The number of amides is 1. The summed E-state index contributed by atoms with van der Waals surface area (Å²) >= 11 is 0. The van der Waals surface area contributed by atoms with E-state index < -0.39 is 0 Å². The van der Waals surface area contributed by atoms with E-state index in [4.69, 9.17) is 4.42 Å². The number of hydrogen-bond acceptors (Lipinski definition) is 3. The molecule has 1 N–H and O–H groups in total. The van der Waals surface area contributed by atoms with Crippen molar-refractivity contribution in [1.82, 2.24) is 10.2 Å². The van der Waals surface area contributed by atoms with E-state index in [-0.39, 0.29) is 18.3 Å². The Labute approximate surface area is 143 Å². The van der Waals surface area contributed by atoms with Crippen LogP contribution >= 0.6 is 12.4 Å². The molecule has 0 radical (unpaired) electrons. The number of benzene rings is 1. The number of hydrogen-bond donors (Lipinski definition) is 1. The summed E-state index contributed by atoms with van der Waals surface area (Å²) in [4.78, 5) is 14.7. The van der Waals surface area contributed by atoms with E-state index in [9.17, 15) is 4.79 Å². The minimum atomic E-state index is 0. The number of rotatable bonds is 4. The van der Waals surface area contributed by atoms with Crippen LogP contribution in [0.2, 0.25) is 0 Å². The first-order chi connectivity index (χ1) is 10.6. The van der Waals surface area contributed by atoms with E-state index in [2.05, 4.69) is 31.3 Å². The number of likely N-dealkylation sites (N-methyl/N-ethyl adjacent to an activating group) is 1. The van der Waals surface area contributed by atoms with Crippen molar-refractivity contribution >= 4 is 29.3 Å². The van der Waals surface area contributed by atoms with E-state index in [1.807, 2.05) is 11.9 Å². The van der Waals surface area contributed by atoms with Gasteiger partial charge in [0.05, 0.1) is 12.7 Å². The van der Waals surface area contributed by atoms with Crippen LogP contribution < -0.4 is 5.32 Å². The zero-order chi connectivity index (χ0) is 15.7. The molecule has 2 aromatic rings. The Bertz CT molecular complexity index is 696. The molecule has 1 unspecified atom stereocenters. The fourth-order valence-corrected chi connectivity index (χ4v) is 3.35. The number of furan rings is 1. The smallest absolute Gasteiger partial charge is 0.227 e. The summed E-state index contributed by atoms with van der Waals surface area (Å²) in [6.07, 6.45) is 4.36. The Balaban J connectivity index is 0.00000192. The molecule has 4 nitrogen and oxygen atoms in total. The van der Waals surface area contributed by atoms with Crippen LogP contribution in [0.3, 0.4) is 0 Å². The molecule has 0 spiro atoms. The van der Waals surface area contributed by atoms with Crippen molar-refractivity contribution in [3.05, 3.63) is 35.1 Å². The topological polar surface area (TPSA) is 45.5 Å². The second kappa shape index (κ2) is 7.37. The third-order valence-corrected chi connectivity index (χ3v) is 4.75. The van der Waals surface area contributed by atoms with Crippen LogP contribution in [0.1, 0.15) is 29.5 Å². The van der Waals surface area contributed by atoms with Gasteiger partial charge in [0.2, 0.25) is 5.91 Å². The standard InChI is InChI=1S/C18H24N2O2.ClH/c1-12-7-16-14(11-22-17(16)8-13(12)2)9-18(21)20-6-4-5-15(20)10-19-3;/h7-8,11,15,19H,4-6,9-10H2,1-3H3;1H. The number of nitrogens with one attached hydrogen (secondary N) is 1. The lowest BCUT2D eigenvalue weighted by Gasteiger charge is -2.24. The average Bonchev–Trinajstić information content (AvgIpc) is 3.08. The molecule has 0 saturated carbocycles. The molecule has 0 bridgehead atoms. The van der Waals surface area contributed by atoms with E-state index in [1.165, 1.54) is 11.1 Å². The van der Waals surface area contributed by atoms with Gasteiger partial charge in [-0.15, -0.1) is 12.4 Å². The highest BCUT2D eigenvalue weighted by molar-refractivity contribution is 5.88. The average molecular weight is 337 g/mol. The molecule has 1 fully saturated rings. The number of halogens is 1. The maximum Gasteiger partial charge on any atom is 0.227 e. The molecule has 1 aliphatic heterocycles. The summed E-state index contributed by atoms with van der Waals surface area (Å²) in [5.74, 6) is 0.207. The van der Waals surface area contributed by atoms with Crippen molar-refractivity contribution in [3.63, 3.8) is 0 Å². The molecule has 2 heterocycles. The van der Waals surface area contributed by atoms with Gasteiger partial charge in [0.15, 0.2) is 0 Å². The van der Waals surface area contributed by atoms with Crippen LogP contribution in [0.25, 0.3) is 11.0 Å². The summed E-state index contributed by atoms with van der Waals surface area (Å²) in [6, 6.07) is 4.52. The molecule has 1 aromatic carbocycles. The maximum absolute atomic E-state index is 12.6. The number of fused-ring (bicyclic) bond motifs is 1. The third kappa shape index (κ3) is 3.54. The fraction of sp³-hybridized carbons (Fsp3) is 0.500. The number of likely N-dealkylation sites (tertiary alicyclic amines) is 1. The van der Waals surface area contributed by atoms with Crippen LogP contribution in [0, 0.1) is 13.8 Å². The van der Waals surface area contributed by atoms with E-state index in [1.54, 1.807) is 6.26 Å². The molecular formula is C18H25ClN2O2. The summed E-state index contributed by atoms with van der Waals surface area (Å²) in [7, 11) is 1.94. The Hall–Kier alpha value is -1.52. The largest absolute Gasteiger partial charge is 0.464 e. The van der Waals surface area contributed by atoms with Crippen molar-refractivity contribution in [2.75, 3.05) is 20.1 Å². The van der Waals surface area contributed by atoms with Gasteiger partial charge >= 0.3 is 0 Å². The SMILES string of the molecule is CNCC1CCCN1C(=O)Cc1coc2cc(C)c(C)cc12.Cl. The lowest BCUT2D eigenvalue weighted by Crippen LogP contribution is -2.41. The minimum Gasteiger partial charge on any atom is -0.464 e. The number of nitrogens with zero attached hydrogens (tertiary/aromatic N) is 1. The molecule has 1 amide bonds. The molecule has 5 heteroatoms. The second-order valence-electron chi connectivity index (χ2n) is 6.31. The first-order valence-corrected chi connectivity index (χ1v) is 8.01. The third-order valence-electron chi connectivity index (χ3n) is 4.75. The Morgan fingerprint density at radius 3 is 2.83 bits per heavy atom. The molecule has 23 heavy (non-hydrogen) atoms. The van der Waals surface area contributed by atoms with Crippen molar-refractivity contribution < 1.29 is 9.21 Å². The molecular weight excluding hydrogens is 312 g/mol. The number of carbonyl (C=O) groups is 1. The van der Waals surface area contributed by atoms with Crippen LogP contribution in [-0.2, 0) is 11.2 Å². The summed E-state index contributed by atoms with van der Waals surface area (Å²) < 4.78 is 5.64. The van der Waals surface area contributed by atoms with Gasteiger partial charge in [-0.25, -0.2) is 0 Å². The van der Waals surface area contributed by atoms with E-state index in [0.29, 0.717) is 12.5 Å². The monoisotopic (exact) mass is 336 g/mol. The van der Waals surface area contributed by atoms with Crippen LogP contribution in [0.4, 0.5) is 0 Å². The molecule has 126 valence electrons. The van der Waals surface area contributed by atoms with Crippen LogP contribution in [-0.4, -0.2) is 37.0 Å². The first kappa shape index (κ1) is 17.8. The highest BCUT2D eigenvalue weighted by atomic mass is 35.5. The molecule has 1 aromatic heterocycles. The molecule has 0 aliphatic carbocycles. The number of carbonyl (C=O) groups excluding carboxylic acids is 1. The van der Waals surface area contributed by atoms with Gasteiger partial charge in [0.1, 0.15) is 5.58 Å². The lowest BCUT2D eigenvalue weighted by atomic mass is 10.0. The van der Waals surface area contributed by atoms with Gasteiger partial charge in [0, 0.05) is 30.1 Å². The van der Waals surface area contributed by atoms with E-state index >= 15 is 0 Å². The van der Waals surface area contributed by atoms with E-state index in [0.717, 1.165) is 42.5 Å². The van der Waals surface area contributed by atoms with Gasteiger partial charge in [0.25, 0.3) is 0 Å². The van der Waals surface area contributed by atoms with Crippen molar-refractivity contribution in [3.8, 4) is 0 Å². The van der Waals surface area contributed by atoms with Crippen molar-refractivity contribution in [2.24, 2.45) is 0 Å². The first-order valence-electron chi connectivity index (χ1n) is 8.01. The van der Waals surface area contributed by atoms with Gasteiger partial charge < -0.3 is 14.6 Å². The quantitative estimate of drug-likeness (QED) is 0.932. The zero-order valence-corrected chi connectivity index (χ0v) is 14.8. The number of aryl methyl sites for hydroxylation is 2. The Morgan fingerprint density at radius 1 is 1.35 bits per heavy atom. The van der Waals surface area contributed by atoms with Crippen molar-refractivity contribution in [2.45, 2.75) is 39.2 Å². The lowest BCUT2D eigenvalue weighted by molar-refractivity contribution is -0.131. The van der Waals surface area contributed by atoms with Crippen LogP contribution in [0.5, 0.6) is 0 Å². The fourth-order valence-electron chi connectivity index (χ4n) is 3.35. The zero-order valence-electron chi connectivity index (χ0n) is 14.0. The van der Waals surface area contributed by atoms with Gasteiger partial charge in [-0.1, -0.05) is 0 Å². The predicted molar refractivity (Wildman–Crippen MR) is 95.3 cm³/mol. The highest BCUT2D eigenvalue weighted by Crippen LogP contribution is 2.26. The molecule has 1 saturated heterocycles. The maximum atomic E-state index is 12.6. The predicted octanol–water partition coefficient (Wildman–Crippen LogP) is 3.22. The molecule has 3 rings (SSSR count). The molecule has 1 aliphatic rings. The summed E-state index contributed by atoms with van der Waals surface area (Å²) in [5, 5.41) is 4.25. The summed E-state index contributed by atoms with van der Waals surface area (Å²) in [6.45, 7) is 5.92. The van der Waals surface area contributed by atoms with Gasteiger partial charge in [-0.2, -0.15) is 0 Å². The van der Waals surface area contributed by atoms with Gasteiger partial charge in [-0.3, -0.25) is 4.79 Å². The minimum absolute atomic E-state index is 0. The van der Waals surface area contributed by atoms with Crippen molar-refractivity contribution in [1.29, 1.82) is 0 Å². The highest BCUT2D eigenvalue weighted by Gasteiger charge is 2.28.